The van der Waals surface area contributed by atoms with Gasteiger partial charge in [0.1, 0.15) is 12.7 Å². The summed E-state index contributed by atoms with van der Waals surface area (Å²) >= 11 is 0. The lowest BCUT2D eigenvalue weighted by atomic mass is 10.1. The van der Waals surface area contributed by atoms with Gasteiger partial charge in [-0.25, -0.2) is 4.98 Å². The van der Waals surface area contributed by atoms with Crippen LogP contribution in [0.2, 0.25) is 0 Å². The van der Waals surface area contributed by atoms with Gasteiger partial charge in [-0.2, -0.15) is 5.10 Å². The standard InChI is InChI=1S/C17H23N5O2/c23-17(6-3-9-22-14-19-13-20-22)21-8-2-5-16(11-21)24-12-15-4-1-7-18-10-15/h1,4,7,10,13-14,16H,2-3,5-6,8-9,11-12H2. The number of aryl methyl sites for hydroxylation is 1. The predicted octanol–water partition coefficient (Wildman–Crippen LogP) is 1.66. The third-order valence-corrected chi connectivity index (χ3v) is 4.18. The molecule has 0 aromatic carbocycles. The normalized spacial score (nSPS) is 17.8. The van der Waals surface area contributed by atoms with E-state index in [2.05, 4.69) is 15.1 Å². The maximum atomic E-state index is 12.4. The number of ether oxygens (including phenoxy) is 1. The van der Waals surface area contributed by atoms with Crippen LogP contribution in [0, 0.1) is 0 Å². The van der Waals surface area contributed by atoms with Crippen molar-refractivity contribution in [3.05, 3.63) is 42.7 Å². The molecular weight excluding hydrogens is 306 g/mol. The van der Waals surface area contributed by atoms with Crippen LogP contribution in [-0.2, 0) is 22.7 Å². The van der Waals surface area contributed by atoms with E-state index in [0.29, 0.717) is 19.6 Å². The van der Waals surface area contributed by atoms with Gasteiger partial charge in [0.25, 0.3) is 0 Å². The highest BCUT2D eigenvalue weighted by Gasteiger charge is 2.23. The van der Waals surface area contributed by atoms with Crippen molar-refractivity contribution >= 4 is 5.91 Å². The quantitative estimate of drug-likeness (QED) is 0.772. The summed E-state index contributed by atoms with van der Waals surface area (Å²) in [5.41, 5.74) is 1.06. The van der Waals surface area contributed by atoms with Gasteiger partial charge in [0.2, 0.25) is 5.91 Å². The molecule has 0 saturated carbocycles. The van der Waals surface area contributed by atoms with Crippen molar-refractivity contribution in [1.82, 2.24) is 24.6 Å². The van der Waals surface area contributed by atoms with Crippen molar-refractivity contribution in [2.24, 2.45) is 0 Å². The fraction of sp³-hybridized carbons (Fsp3) is 0.529. The van der Waals surface area contributed by atoms with Crippen LogP contribution in [0.3, 0.4) is 0 Å². The summed E-state index contributed by atoms with van der Waals surface area (Å²) in [6, 6.07) is 3.91. The molecule has 1 amide bonds. The monoisotopic (exact) mass is 329 g/mol. The van der Waals surface area contributed by atoms with Crippen molar-refractivity contribution < 1.29 is 9.53 Å². The van der Waals surface area contributed by atoms with Crippen LogP contribution in [0.25, 0.3) is 0 Å². The van der Waals surface area contributed by atoms with E-state index in [1.54, 1.807) is 17.2 Å². The Morgan fingerprint density at radius 1 is 1.38 bits per heavy atom. The van der Waals surface area contributed by atoms with Crippen LogP contribution in [-0.4, -0.2) is 49.7 Å². The van der Waals surface area contributed by atoms with Crippen LogP contribution in [0.15, 0.2) is 37.2 Å². The van der Waals surface area contributed by atoms with Gasteiger partial charge in [0.15, 0.2) is 0 Å². The molecule has 1 unspecified atom stereocenters. The van der Waals surface area contributed by atoms with Crippen LogP contribution < -0.4 is 0 Å². The van der Waals surface area contributed by atoms with Gasteiger partial charge in [-0.3, -0.25) is 14.5 Å². The minimum absolute atomic E-state index is 0.109. The summed E-state index contributed by atoms with van der Waals surface area (Å²) in [4.78, 5) is 22.3. The maximum Gasteiger partial charge on any atom is 0.222 e. The second-order valence-corrected chi connectivity index (χ2v) is 6.04. The first kappa shape index (κ1) is 16.6. The van der Waals surface area contributed by atoms with E-state index in [1.165, 1.54) is 6.33 Å². The first-order valence-corrected chi connectivity index (χ1v) is 8.42. The molecule has 1 aliphatic rings. The molecule has 1 atom stereocenters. The zero-order valence-electron chi connectivity index (χ0n) is 13.8. The Labute approximate surface area is 141 Å². The summed E-state index contributed by atoms with van der Waals surface area (Å²) in [5, 5.41) is 4.05. The molecule has 7 nitrogen and oxygen atoms in total. The highest BCUT2D eigenvalue weighted by molar-refractivity contribution is 5.76. The molecule has 2 aromatic heterocycles. The zero-order valence-corrected chi connectivity index (χ0v) is 13.8. The lowest BCUT2D eigenvalue weighted by Gasteiger charge is -2.32. The predicted molar refractivity (Wildman–Crippen MR) is 87.9 cm³/mol. The van der Waals surface area contributed by atoms with Crippen molar-refractivity contribution in [2.45, 2.75) is 44.9 Å². The molecule has 0 radical (unpaired) electrons. The van der Waals surface area contributed by atoms with Gasteiger partial charge in [0.05, 0.1) is 12.7 Å². The number of aromatic nitrogens is 4. The first-order chi connectivity index (χ1) is 11.8. The number of amides is 1. The lowest BCUT2D eigenvalue weighted by molar-refractivity contribution is -0.135. The molecule has 2 aromatic rings. The minimum atomic E-state index is 0.109. The van der Waals surface area contributed by atoms with E-state index in [4.69, 9.17) is 4.74 Å². The fourth-order valence-corrected chi connectivity index (χ4v) is 2.90. The molecule has 0 spiro atoms. The van der Waals surface area contributed by atoms with Gasteiger partial charge in [-0.15, -0.1) is 0 Å². The highest BCUT2D eigenvalue weighted by atomic mass is 16.5. The van der Waals surface area contributed by atoms with Gasteiger partial charge >= 0.3 is 0 Å². The number of rotatable bonds is 7. The maximum absolute atomic E-state index is 12.4. The van der Waals surface area contributed by atoms with Crippen LogP contribution in [0.1, 0.15) is 31.2 Å². The summed E-state index contributed by atoms with van der Waals surface area (Å²) in [5.74, 6) is 0.199. The van der Waals surface area contributed by atoms with Gasteiger partial charge in [-0.05, 0) is 30.9 Å². The number of likely N-dealkylation sites (tertiary alicyclic amines) is 1. The number of carbonyl (C=O) groups excluding carboxylic acids is 1. The third kappa shape index (κ3) is 4.86. The summed E-state index contributed by atoms with van der Waals surface area (Å²) < 4.78 is 7.71. The molecule has 1 saturated heterocycles. The van der Waals surface area contributed by atoms with Crippen molar-refractivity contribution in [3.8, 4) is 0 Å². The van der Waals surface area contributed by atoms with Crippen LogP contribution in [0.4, 0.5) is 0 Å². The summed E-state index contributed by atoms with van der Waals surface area (Å²) in [7, 11) is 0. The molecule has 128 valence electrons. The van der Waals surface area contributed by atoms with E-state index in [1.807, 2.05) is 23.2 Å². The number of nitrogens with zero attached hydrogens (tertiary/aromatic N) is 5. The van der Waals surface area contributed by atoms with Gasteiger partial charge in [-0.1, -0.05) is 6.07 Å². The molecule has 3 heterocycles. The largest absolute Gasteiger partial charge is 0.372 e. The second kappa shape index (κ2) is 8.54. The number of carbonyl (C=O) groups is 1. The Morgan fingerprint density at radius 3 is 3.12 bits per heavy atom. The summed E-state index contributed by atoms with van der Waals surface area (Å²) in [6.45, 7) is 2.78. The minimum Gasteiger partial charge on any atom is -0.372 e. The van der Waals surface area contributed by atoms with Crippen molar-refractivity contribution in [2.75, 3.05) is 13.1 Å². The lowest BCUT2D eigenvalue weighted by Crippen LogP contribution is -2.43. The van der Waals surface area contributed by atoms with E-state index in [9.17, 15) is 4.79 Å². The average molecular weight is 329 g/mol. The molecule has 3 rings (SSSR count). The molecule has 0 bridgehead atoms. The number of pyridine rings is 1. The van der Waals surface area contributed by atoms with Gasteiger partial charge < -0.3 is 9.64 Å². The summed E-state index contributed by atoms with van der Waals surface area (Å²) in [6.07, 6.45) is 10.2. The Balaban J connectivity index is 1.40. The van der Waals surface area contributed by atoms with Crippen molar-refractivity contribution in [1.29, 1.82) is 0 Å². The number of piperidine rings is 1. The van der Waals surface area contributed by atoms with Crippen molar-refractivity contribution in [3.63, 3.8) is 0 Å². The molecule has 1 fully saturated rings. The van der Waals surface area contributed by atoms with Crippen LogP contribution >= 0.6 is 0 Å². The third-order valence-electron chi connectivity index (χ3n) is 4.18. The Hall–Kier alpha value is -2.28. The number of hydrogen-bond donors (Lipinski definition) is 0. The second-order valence-electron chi connectivity index (χ2n) is 6.04. The Bertz CT molecular complexity index is 617. The van der Waals surface area contributed by atoms with E-state index < -0.39 is 0 Å². The average Bonchev–Trinajstić information content (AvgIpc) is 3.14. The SMILES string of the molecule is O=C(CCCn1cncn1)N1CCCC(OCc2cccnc2)C1. The van der Waals surface area contributed by atoms with E-state index in [0.717, 1.165) is 37.9 Å². The highest BCUT2D eigenvalue weighted by Crippen LogP contribution is 2.16. The number of hydrogen-bond acceptors (Lipinski definition) is 5. The first-order valence-electron chi connectivity index (χ1n) is 8.42. The Kier molecular flexibility index (Phi) is 5.90. The molecule has 7 heteroatoms. The molecule has 1 aliphatic heterocycles. The molecule has 0 N–H and O–H groups in total. The van der Waals surface area contributed by atoms with E-state index >= 15 is 0 Å². The van der Waals surface area contributed by atoms with Crippen LogP contribution in [0.5, 0.6) is 0 Å². The zero-order chi connectivity index (χ0) is 16.6. The van der Waals surface area contributed by atoms with E-state index in [-0.39, 0.29) is 12.0 Å². The van der Waals surface area contributed by atoms with Gasteiger partial charge in [0, 0.05) is 38.4 Å². The Morgan fingerprint density at radius 2 is 2.33 bits per heavy atom. The molecular formula is C17H23N5O2. The topological polar surface area (TPSA) is 73.1 Å². The molecule has 24 heavy (non-hydrogen) atoms. The smallest absolute Gasteiger partial charge is 0.222 e. The molecule has 0 aliphatic carbocycles. The fourth-order valence-electron chi connectivity index (χ4n) is 2.90.